The van der Waals surface area contributed by atoms with Crippen molar-refractivity contribution in [1.82, 2.24) is 19.6 Å². The number of nitrogens with two attached hydrogens (primary N) is 1. The summed E-state index contributed by atoms with van der Waals surface area (Å²) in [6.45, 7) is 19.4. The molecule has 5 rings (SSSR count). The Labute approximate surface area is 271 Å². The third-order valence-electron chi connectivity index (χ3n) is 12.3. The van der Waals surface area contributed by atoms with Crippen molar-refractivity contribution in [3.05, 3.63) is 0 Å². The van der Waals surface area contributed by atoms with E-state index in [2.05, 4.69) is 61.1 Å². The third-order valence-corrected chi connectivity index (χ3v) is 12.3. The van der Waals surface area contributed by atoms with Crippen LogP contribution in [0.25, 0.3) is 0 Å². The van der Waals surface area contributed by atoms with Crippen molar-refractivity contribution in [3.63, 3.8) is 0 Å². The van der Waals surface area contributed by atoms with Crippen molar-refractivity contribution < 1.29 is 0 Å². The van der Waals surface area contributed by atoms with Gasteiger partial charge in [0.25, 0.3) is 0 Å². The fourth-order valence-electron chi connectivity index (χ4n) is 9.72. The smallest absolute Gasteiger partial charge is 0.195 e. The fraction of sp³-hybridized carbons (Fsp3) is 0.946. The molecule has 252 valence electrons. The number of aliphatic imine (C=N–C) groups is 1. The third kappa shape index (κ3) is 8.07. The van der Waals surface area contributed by atoms with E-state index in [0.717, 1.165) is 68.8 Å². The normalized spacial score (nSPS) is 31.9. The van der Waals surface area contributed by atoms with E-state index in [4.69, 9.17) is 10.7 Å². The standard InChI is InChI=1S/C37H69N7/c1-7-12-31-26-44(36(39)43(31)24-29-16-18-30(19-17-29)37(4,5)6)34(22-28-13-9-8-10-14-28)41-20-11-15-32(41)25-42-33(21-27(2)3)23-40-35(42)38/h27-34,39H,7-26H2,1-6H3,(H2,38,40)/t29?,30?,31-,32+,33-,34-/m1/s1. The van der Waals surface area contributed by atoms with Gasteiger partial charge < -0.3 is 20.4 Å². The van der Waals surface area contributed by atoms with Crippen LogP contribution in [-0.4, -0.2) is 88.5 Å². The number of nitrogens with one attached hydrogen (secondary N) is 1. The van der Waals surface area contributed by atoms with Crippen LogP contribution in [-0.2, 0) is 0 Å². The summed E-state index contributed by atoms with van der Waals surface area (Å²) in [7, 11) is 0. The molecule has 0 aromatic rings. The molecule has 0 bridgehead atoms. The van der Waals surface area contributed by atoms with E-state index in [9.17, 15) is 5.41 Å². The van der Waals surface area contributed by atoms with Gasteiger partial charge in [0.2, 0.25) is 0 Å². The van der Waals surface area contributed by atoms with Gasteiger partial charge >= 0.3 is 0 Å². The SMILES string of the molecule is CCC[C@@H]1CN([C@H](CC2CCCCC2)N2CCC[C@H]2CN2C(N)=NC[C@H]2CC(C)C)C(=N)N1CC1CCC(C(C)(C)C)CC1. The summed E-state index contributed by atoms with van der Waals surface area (Å²) in [6.07, 6.45) is 19.9. The monoisotopic (exact) mass is 612 g/mol. The van der Waals surface area contributed by atoms with E-state index < -0.39 is 0 Å². The summed E-state index contributed by atoms with van der Waals surface area (Å²) in [5.74, 6) is 4.63. The molecule has 3 aliphatic heterocycles. The van der Waals surface area contributed by atoms with E-state index in [1.165, 1.54) is 89.9 Å². The maximum absolute atomic E-state index is 9.75. The Morgan fingerprint density at radius 1 is 0.841 bits per heavy atom. The second-order valence-electron chi connectivity index (χ2n) is 17.0. The molecule has 0 amide bonds. The summed E-state index contributed by atoms with van der Waals surface area (Å²) in [6, 6.07) is 1.42. The molecule has 0 aromatic carbocycles. The van der Waals surface area contributed by atoms with Crippen molar-refractivity contribution in [2.75, 3.05) is 32.7 Å². The van der Waals surface area contributed by atoms with Crippen molar-refractivity contribution in [3.8, 4) is 0 Å². The maximum Gasteiger partial charge on any atom is 0.195 e. The average molecular weight is 612 g/mol. The summed E-state index contributed by atoms with van der Waals surface area (Å²) in [5.41, 5.74) is 6.96. The zero-order valence-corrected chi connectivity index (χ0v) is 29.6. The second kappa shape index (κ2) is 14.9. The Morgan fingerprint density at radius 2 is 1.57 bits per heavy atom. The van der Waals surface area contributed by atoms with Crippen LogP contribution in [0.15, 0.2) is 4.99 Å². The van der Waals surface area contributed by atoms with E-state index in [-0.39, 0.29) is 0 Å². The lowest BCUT2D eigenvalue weighted by Gasteiger charge is -2.43. The van der Waals surface area contributed by atoms with Crippen molar-refractivity contribution in [1.29, 1.82) is 5.41 Å². The molecule has 0 unspecified atom stereocenters. The molecule has 2 saturated heterocycles. The quantitative estimate of drug-likeness (QED) is 0.241. The molecular formula is C37H69N7. The molecule has 7 nitrogen and oxygen atoms in total. The zero-order valence-electron chi connectivity index (χ0n) is 29.6. The number of likely N-dealkylation sites (tertiary alicyclic amines) is 1. The van der Waals surface area contributed by atoms with Crippen molar-refractivity contribution >= 4 is 11.9 Å². The Kier molecular flexibility index (Phi) is 11.5. The van der Waals surface area contributed by atoms with Crippen LogP contribution >= 0.6 is 0 Å². The first-order valence-electron chi connectivity index (χ1n) is 19.0. The first-order valence-corrected chi connectivity index (χ1v) is 19.0. The summed E-state index contributed by atoms with van der Waals surface area (Å²) < 4.78 is 0. The maximum atomic E-state index is 9.75. The Balaban J connectivity index is 1.33. The molecule has 0 radical (unpaired) electrons. The lowest BCUT2D eigenvalue weighted by Crippen LogP contribution is -2.56. The van der Waals surface area contributed by atoms with Crippen LogP contribution in [0.2, 0.25) is 0 Å². The summed E-state index contributed by atoms with van der Waals surface area (Å²) >= 11 is 0. The van der Waals surface area contributed by atoms with E-state index in [0.29, 0.717) is 35.6 Å². The highest BCUT2D eigenvalue weighted by Crippen LogP contribution is 2.41. The molecule has 2 saturated carbocycles. The molecule has 4 fully saturated rings. The van der Waals surface area contributed by atoms with Gasteiger partial charge in [-0.3, -0.25) is 15.3 Å². The van der Waals surface area contributed by atoms with Crippen LogP contribution in [0.3, 0.4) is 0 Å². The van der Waals surface area contributed by atoms with Crippen LogP contribution in [0.5, 0.6) is 0 Å². The predicted octanol–water partition coefficient (Wildman–Crippen LogP) is 7.37. The van der Waals surface area contributed by atoms with E-state index in [1.807, 2.05) is 0 Å². The number of nitrogens with zero attached hydrogens (tertiary/aromatic N) is 5. The highest BCUT2D eigenvalue weighted by molar-refractivity contribution is 5.80. The highest BCUT2D eigenvalue weighted by atomic mass is 15.5. The molecule has 3 heterocycles. The number of hydrogen-bond donors (Lipinski definition) is 2. The minimum absolute atomic E-state index is 0.336. The second-order valence-corrected chi connectivity index (χ2v) is 17.0. The topological polar surface area (TPSA) is 75.2 Å². The summed E-state index contributed by atoms with van der Waals surface area (Å²) in [5, 5.41) is 9.75. The van der Waals surface area contributed by atoms with Gasteiger partial charge in [-0.2, -0.15) is 0 Å². The van der Waals surface area contributed by atoms with Gasteiger partial charge in [0.05, 0.1) is 18.8 Å². The molecule has 3 N–H and O–H groups in total. The molecule has 7 heteroatoms. The highest BCUT2D eigenvalue weighted by Gasteiger charge is 2.45. The van der Waals surface area contributed by atoms with Gasteiger partial charge in [-0.15, -0.1) is 0 Å². The Hall–Kier alpha value is -1.50. The lowest BCUT2D eigenvalue weighted by molar-refractivity contribution is 0.0465. The lowest BCUT2D eigenvalue weighted by atomic mass is 9.70. The van der Waals surface area contributed by atoms with Crippen molar-refractivity contribution in [2.45, 2.75) is 162 Å². The summed E-state index contributed by atoms with van der Waals surface area (Å²) in [4.78, 5) is 15.2. The van der Waals surface area contributed by atoms with E-state index in [1.54, 1.807) is 0 Å². The van der Waals surface area contributed by atoms with Gasteiger partial charge in [-0.1, -0.05) is 80.1 Å². The van der Waals surface area contributed by atoms with Crippen LogP contribution in [0.1, 0.15) is 138 Å². The molecule has 5 aliphatic rings. The number of hydrogen-bond acceptors (Lipinski definition) is 5. The number of rotatable bonds is 12. The number of guanidine groups is 2. The van der Waals surface area contributed by atoms with Gasteiger partial charge in [0, 0.05) is 38.3 Å². The molecule has 4 atom stereocenters. The minimum Gasteiger partial charge on any atom is -0.370 e. The Bertz CT molecular complexity index is 942. The first-order chi connectivity index (χ1) is 21.0. The Morgan fingerprint density at radius 3 is 2.23 bits per heavy atom. The fourth-order valence-corrected chi connectivity index (χ4v) is 9.72. The molecule has 44 heavy (non-hydrogen) atoms. The molecule has 2 aliphatic carbocycles. The predicted molar refractivity (Wildman–Crippen MR) is 186 cm³/mol. The minimum atomic E-state index is 0.336. The largest absolute Gasteiger partial charge is 0.370 e. The van der Waals surface area contributed by atoms with Gasteiger partial charge in [0.15, 0.2) is 11.9 Å². The molecule has 0 aromatic heterocycles. The van der Waals surface area contributed by atoms with Gasteiger partial charge in [-0.25, -0.2) is 0 Å². The zero-order chi connectivity index (χ0) is 31.4. The van der Waals surface area contributed by atoms with Crippen LogP contribution in [0, 0.1) is 34.5 Å². The van der Waals surface area contributed by atoms with Gasteiger partial charge in [0.1, 0.15) is 0 Å². The van der Waals surface area contributed by atoms with Gasteiger partial charge in [-0.05, 0) is 86.9 Å². The van der Waals surface area contributed by atoms with E-state index >= 15 is 0 Å². The average Bonchev–Trinajstić information content (AvgIpc) is 3.67. The van der Waals surface area contributed by atoms with Crippen molar-refractivity contribution in [2.24, 2.45) is 39.8 Å². The molecular weight excluding hydrogens is 542 g/mol. The van der Waals surface area contributed by atoms with Crippen LogP contribution < -0.4 is 5.73 Å². The first kappa shape index (κ1) is 33.9. The molecule has 0 spiro atoms. The van der Waals surface area contributed by atoms with Crippen LogP contribution in [0.4, 0.5) is 0 Å².